The van der Waals surface area contributed by atoms with E-state index in [9.17, 15) is 24.3 Å². The number of hydrogen-bond donors (Lipinski definition) is 1. The second-order valence-electron chi connectivity index (χ2n) is 5.79. The van der Waals surface area contributed by atoms with E-state index in [1.807, 2.05) is 0 Å². The van der Waals surface area contributed by atoms with Gasteiger partial charge in [-0.25, -0.2) is 0 Å². The van der Waals surface area contributed by atoms with Crippen LogP contribution in [0.3, 0.4) is 0 Å². The van der Waals surface area contributed by atoms with Crippen LogP contribution in [-0.4, -0.2) is 29.0 Å². The Balaban J connectivity index is 2.55. The fourth-order valence-electron chi connectivity index (χ4n) is 3.85. The normalized spacial score (nSPS) is 31.4. The molecule has 6 unspecified atom stereocenters. The third kappa shape index (κ3) is 3.17. The Morgan fingerprint density at radius 2 is 1.00 bits per heavy atom. The van der Waals surface area contributed by atoms with Crippen LogP contribution in [0, 0.1) is 35.5 Å². The van der Waals surface area contributed by atoms with E-state index in [0.29, 0.717) is 0 Å². The van der Waals surface area contributed by atoms with Gasteiger partial charge in [0, 0.05) is 11.8 Å². The van der Waals surface area contributed by atoms with Crippen molar-refractivity contribution in [1.29, 1.82) is 0 Å². The Hall–Kier alpha value is -3.16. The molecule has 0 aromatic rings. The van der Waals surface area contributed by atoms with Gasteiger partial charge < -0.3 is 19.3 Å². The summed E-state index contributed by atoms with van der Waals surface area (Å²) in [5, 5.41) is 9.63. The third-order valence-electron chi connectivity index (χ3n) is 4.69. The summed E-state index contributed by atoms with van der Waals surface area (Å²) in [6.07, 6.45) is 5.72. The molecule has 1 N–H and O–H groups in total. The zero-order valence-corrected chi connectivity index (χ0v) is 13.8. The lowest BCUT2D eigenvalue weighted by atomic mass is 9.53. The predicted octanol–water partition coefficient (Wildman–Crippen LogP) is 1.41. The summed E-state index contributed by atoms with van der Waals surface area (Å²) in [6.45, 7) is 9.87. The summed E-state index contributed by atoms with van der Waals surface area (Å²) in [5.74, 6) is -10.4. The number of hydrogen-bond acceptors (Lipinski definition) is 7. The number of esters is 3. The highest BCUT2D eigenvalue weighted by atomic mass is 16.5. The van der Waals surface area contributed by atoms with Gasteiger partial charge in [0.25, 0.3) is 0 Å². The molecule has 26 heavy (non-hydrogen) atoms. The number of allylic oxidation sites excluding steroid dienone is 2. The third-order valence-corrected chi connectivity index (χ3v) is 4.69. The number of carboxylic acid groups (broad SMARTS) is 1. The van der Waals surface area contributed by atoms with Crippen LogP contribution < -0.4 is 0 Å². The van der Waals surface area contributed by atoms with Gasteiger partial charge in [0.15, 0.2) is 0 Å². The first-order chi connectivity index (χ1) is 12.4. The molecule has 138 valence electrons. The van der Waals surface area contributed by atoms with Gasteiger partial charge in [0.1, 0.15) is 0 Å². The van der Waals surface area contributed by atoms with Crippen molar-refractivity contribution in [1.82, 2.24) is 0 Å². The Morgan fingerprint density at radius 1 is 0.692 bits per heavy atom. The van der Waals surface area contributed by atoms with Crippen molar-refractivity contribution in [2.75, 3.05) is 0 Å². The zero-order chi connectivity index (χ0) is 19.4. The molecule has 0 amide bonds. The summed E-state index contributed by atoms with van der Waals surface area (Å²) in [4.78, 5) is 49.0. The van der Waals surface area contributed by atoms with Crippen LogP contribution >= 0.6 is 0 Å². The van der Waals surface area contributed by atoms with Crippen molar-refractivity contribution >= 4 is 23.9 Å². The van der Waals surface area contributed by atoms with Crippen LogP contribution in [0.1, 0.15) is 0 Å². The maximum atomic E-state index is 12.4. The molecule has 8 nitrogen and oxygen atoms in total. The van der Waals surface area contributed by atoms with Crippen LogP contribution in [0.15, 0.2) is 50.7 Å². The molecule has 3 rings (SSSR count). The van der Waals surface area contributed by atoms with Gasteiger partial charge in [-0.15, -0.1) is 0 Å². The second kappa shape index (κ2) is 7.81. The van der Waals surface area contributed by atoms with E-state index in [1.165, 1.54) is 12.2 Å². The fourth-order valence-corrected chi connectivity index (χ4v) is 3.85. The number of carbonyl (C=O) groups excluding carboxylic acids is 3. The number of fused-ring (bicyclic) bond motifs is 2. The fraction of sp³-hybridized carbons (Fsp3) is 0.333. The van der Waals surface area contributed by atoms with E-state index in [-0.39, 0.29) is 0 Å². The largest absolute Gasteiger partial charge is 0.481 e. The molecule has 1 saturated carbocycles. The van der Waals surface area contributed by atoms with Crippen molar-refractivity contribution in [2.24, 2.45) is 35.5 Å². The quantitative estimate of drug-likeness (QED) is 0.313. The van der Waals surface area contributed by atoms with Crippen molar-refractivity contribution in [3.63, 3.8) is 0 Å². The van der Waals surface area contributed by atoms with Crippen molar-refractivity contribution < 1.29 is 38.5 Å². The van der Waals surface area contributed by atoms with Gasteiger partial charge in [0.2, 0.25) is 0 Å². The SMILES string of the molecule is C=COC(=O)C1C2C=CC(C1C(=O)O)C(C(=O)OC=C)C2C(=O)OC=C. The number of aliphatic carboxylic acids is 1. The minimum atomic E-state index is -1.29. The Labute approximate surface area is 149 Å². The number of carbonyl (C=O) groups is 4. The van der Waals surface area contributed by atoms with E-state index >= 15 is 0 Å². The smallest absolute Gasteiger partial charge is 0.315 e. The van der Waals surface area contributed by atoms with E-state index < -0.39 is 59.4 Å². The van der Waals surface area contributed by atoms with Crippen LogP contribution in [0.5, 0.6) is 0 Å². The summed E-state index contributed by atoms with van der Waals surface area (Å²) < 4.78 is 14.4. The van der Waals surface area contributed by atoms with Crippen molar-refractivity contribution in [3.05, 3.63) is 50.7 Å². The minimum absolute atomic E-state index is 0.814. The van der Waals surface area contributed by atoms with Crippen molar-refractivity contribution in [3.8, 4) is 0 Å². The van der Waals surface area contributed by atoms with Gasteiger partial charge in [-0.05, 0) is 0 Å². The van der Waals surface area contributed by atoms with E-state index in [1.54, 1.807) is 0 Å². The maximum Gasteiger partial charge on any atom is 0.315 e. The molecule has 0 heterocycles. The lowest BCUT2D eigenvalue weighted by Crippen LogP contribution is -2.57. The zero-order valence-electron chi connectivity index (χ0n) is 13.8. The highest BCUT2D eigenvalue weighted by molar-refractivity contribution is 5.90. The Morgan fingerprint density at radius 3 is 1.31 bits per heavy atom. The first-order valence-corrected chi connectivity index (χ1v) is 7.74. The van der Waals surface area contributed by atoms with Gasteiger partial charge in [-0.3, -0.25) is 19.2 Å². The minimum Gasteiger partial charge on any atom is -0.481 e. The maximum absolute atomic E-state index is 12.4. The Kier molecular flexibility index (Phi) is 5.76. The molecule has 3 aliphatic carbocycles. The first kappa shape index (κ1) is 19.2. The molecule has 3 aliphatic rings. The summed E-state index contributed by atoms with van der Waals surface area (Å²) in [7, 11) is 0. The molecule has 0 saturated heterocycles. The van der Waals surface area contributed by atoms with Crippen LogP contribution in [0.2, 0.25) is 0 Å². The lowest BCUT2D eigenvalue weighted by molar-refractivity contribution is -0.178. The molecular weight excluding hydrogens is 344 g/mol. The number of carboxylic acids is 1. The molecule has 0 aromatic heterocycles. The van der Waals surface area contributed by atoms with Crippen LogP contribution in [-0.2, 0) is 33.4 Å². The molecular formula is C18H18O8. The van der Waals surface area contributed by atoms with Gasteiger partial charge >= 0.3 is 23.9 Å². The monoisotopic (exact) mass is 362 g/mol. The van der Waals surface area contributed by atoms with Crippen molar-refractivity contribution in [2.45, 2.75) is 0 Å². The first-order valence-electron chi connectivity index (χ1n) is 7.74. The molecule has 1 fully saturated rings. The van der Waals surface area contributed by atoms with Gasteiger partial charge in [-0.1, -0.05) is 31.9 Å². The van der Waals surface area contributed by atoms with E-state index in [0.717, 1.165) is 18.8 Å². The van der Waals surface area contributed by atoms with Gasteiger partial charge in [0.05, 0.1) is 42.5 Å². The van der Waals surface area contributed by atoms with E-state index in [4.69, 9.17) is 14.2 Å². The average Bonchev–Trinajstić information content (AvgIpc) is 2.60. The van der Waals surface area contributed by atoms with E-state index in [2.05, 4.69) is 19.7 Å². The average molecular weight is 362 g/mol. The summed E-state index contributed by atoms with van der Waals surface area (Å²) in [6, 6.07) is 0. The number of rotatable bonds is 7. The highest BCUT2D eigenvalue weighted by Gasteiger charge is 2.62. The highest BCUT2D eigenvalue weighted by Crippen LogP contribution is 2.52. The summed E-state index contributed by atoms with van der Waals surface area (Å²) >= 11 is 0. The topological polar surface area (TPSA) is 116 Å². The Bertz CT molecular complexity index is 691. The molecule has 0 aromatic carbocycles. The van der Waals surface area contributed by atoms with Gasteiger partial charge in [-0.2, -0.15) is 0 Å². The summed E-state index contributed by atoms with van der Waals surface area (Å²) in [5.41, 5.74) is 0. The molecule has 8 heteroatoms. The molecule has 0 spiro atoms. The molecule has 6 atom stereocenters. The second-order valence-corrected chi connectivity index (χ2v) is 5.79. The predicted molar refractivity (Wildman–Crippen MR) is 86.6 cm³/mol. The molecule has 2 bridgehead atoms. The van der Waals surface area contributed by atoms with Crippen LogP contribution in [0.4, 0.5) is 0 Å². The molecule has 0 aliphatic heterocycles. The molecule has 0 radical (unpaired) electrons. The lowest BCUT2D eigenvalue weighted by Gasteiger charge is -2.48. The number of ether oxygens (including phenoxy) is 3. The van der Waals surface area contributed by atoms with Crippen LogP contribution in [0.25, 0.3) is 0 Å². The standard InChI is InChI=1S/C18H18O8/c1-4-24-16(21)12-10-8-7-9(11(12)15(19)20)13(17(22)25-5-2)14(10)18(23)26-6-3/h4-14H,1-3H2,(H,19,20).